The van der Waals surface area contributed by atoms with Crippen molar-refractivity contribution in [1.29, 1.82) is 0 Å². The van der Waals surface area contributed by atoms with Crippen molar-refractivity contribution in [2.24, 2.45) is 0 Å². The normalized spacial score (nSPS) is 15.6. The van der Waals surface area contributed by atoms with Crippen molar-refractivity contribution >= 4 is 22.5 Å². The van der Waals surface area contributed by atoms with Crippen molar-refractivity contribution < 1.29 is 4.79 Å². The molecule has 4 N–H and O–H groups in total. The summed E-state index contributed by atoms with van der Waals surface area (Å²) in [5, 5.41) is 10.7. The molecule has 3 rings (SSSR count). The Labute approximate surface area is 126 Å². The molecular formula is C15H18N4O3. The van der Waals surface area contributed by atoms with Crippen LogP contribution >= 0.6 is 0 Å². The quantitative estimate of drug-likeness (QED) is 0.677. The lowest BCUT2D eigenvalue weighted by Crippen LogP contribution is -2.39. The fourth-order valence-electron chi connectivity index (χ4n) is 2.86. The zero-order valence-electron chi connectivity index (χ0n) is 12.1. The Bertz CT molecular complexity index is 802. The standard InChI is InChI=1S/C15H18N4O3/c20-13-11-7-6-10(8-12(11)14(21)19-18-13)17-15(22)16-9-4-2-1-3-5-9/h6-9H,1-5H2,(H,18,20)(H,19,21)(H2,16,17,22). The van der Waals surface area contributed by atoms with Crippen LogP contribution in [0.15, 0.2) is 27.8 Å². The maximum atomic E-state index is 12.0. The average molecular weight is 302 g/mol. The molecule has 2 amide bonds. The minimum absolute atomic E-state index is 0.209. The highest BCUT2D eigenvalue weighted by molar-refractivity contribution is 5.93. The van der Waals surface area contributed by atoms with Gasteiger partial charge in [0.2, 0.25) is 0 Å². The molecule has 7 nitrogen and oxygen atoms in total. The summed E-state index contributed by atoms with van der Waals surface area (Å²) in [6.45, 7) is 0. The van der Waals surface area contributed by atoms with Gasteiger partial charge in [0.1, 0.15) is 0 Å². The van der Waals surface area contributed by atoms with Gasteiger partial charge in [-0.3, -0.25) is 19.8 Å². The van der Waals surface area contributed by atoms with Crippen molar-refractivity contribution in [3.63, 3.8) is 0 Å². The van der Waals surface area contributed by atoms with Crippen molar-refractivity contribution in [3.05, 3.63) is 38.9 Å². The first-order chi connectivity index (χ1) is 10.6. The van der Waals surface area contributed by atoms with Crippen LogP contribution < -0.4 is 21.8 Å². The van der Waals surface area contributed by atoms with Gasteiger partial charge in [-0.25, -0.2) is 4.79 Å². The van der Waals surface area contributed by atoms with E-state index in [0.29, 0.717) is 11.1 Å². The number of rotatable bonds is 2. The molecule has 0 atom stereocenters. The molecule has 0 aliphatic heterocycles. The number of anilines is 1. The van der Waals surface area contributed by atoms with Crippen LogP contribution in [0, 0.1) is 0 Å². The second-order valence-corrected chi connectivity index (χ2v) is 5.60. The third kappa shape index (κ3) is 3.03. The molecule has 1 saturated carbocycles. The highest BCUT2D eigenvalue weighted by Gasteiger charge is 2.15. The van der Waals surface area contributed by atoms with Crippen molar-refractivity contribution in [2.45, 2.75) is 38.1 Å². The molecule has 1 fully saturated rings. The Kier molecular flexibility index (Phi) is 3.95. The third-order valence-electron chi connectivity index (χ3n) is 4.00. The molecule has 0 unspecified atom stereocenters. The number of carbonyl (C=O) groups excluding carboxylic acids is 1. The van der Waals surface area contributed by atoms with Gasteiger partial charge in [-0.1, -0.05) is 19.3 Å². The van der Waals surface area contributed by atoms with Crippen LogP contribution in [0.2, 0.25) is 0 Å². The first-order valence-corrected chi connectivity index (χ1v) is 7.46. The number of hydrogen-bond acceptors (Lipinski definition) is 3. The lowest BCUT2D eigenvalue weighted by molar-refractivity contribution is 0.244. The van der Waals surface area contributed by atoms with Gasteiger partial charge < -0.3 is 10.6 Å². The van der Waals surface area contributed by atoms with E-state index in [4.69, 9.17) is 0 Å². The number of hydrogen-bond donors (Lipinski definition) is 4. The molecule has 1 heterocycles. The topological polar surface area (TPSA) is 107 Å². The Morgan fingerprint density at radius 2 is 1.68 bits per heavy atom. The molecule has 1 aromatic carbocycles. The molecule has 0 saturated heterocycles. The summed E-state index contributed by atoms with van der Waals surface area (Å²) in [6.07, 6.45) is 5.50. The van der Waals surface area contributed by atoms with Gasteiger partial charge in [0.25, 0.3) is 11.1 Å². The molecule has 0 radical (unpaired) electrons. The predicted molar refractivity (Wildman–Crippen MR) is 84.2 cm³/mol. The van der Waals surface area contributed by atoms with E-state index in [-0.39, 0.29) is 23.0 Å². The molecule has 1 aliphatic carbocycles. The molecule has 1 aliphatic rings. The van der Waals surface area contributed by atoms with Crippen LogP contribution in [0.4, 0.5) is 10.5 Å². The third-order valence-corrected chi connectivity index (χ3v) is 4.00. The molecular weight excluding hydrogens is 284 g/mol. The van der Waals surface area contributed by atoms with Gasteiger partial charge >= 0.3 is 6.03 Å². The Balaban J connectivity index is 1.76. The van der Waals surface area contributed by atoms with E-state index in [0.717, 1.165) is 25.7 Å². The second kappa shape index (κ2) is 6.05. The SMILES string of the molecule is O=C(Nc1ccc2c(=O)[nH][nH]c(=O)c2c1)NC1CCCCC1. The van der Waals surface area contributed by atoms with E-state index < -0.39 is 5.56 Å². The Morgan fingerprint density at radius 3 is 2.41 bits per heavy atom. The first kappa shape index (κ1) is 14.4. The largest absolute Gasteiger partial charge is 0.335 e. The Morgan fingerprint density at radius 1 is 1.00 bits per heavy atom. The predicted octanol–water partition coefficient (Wildman–Crippen LogP) is 1.67. The molecule has 0 bridgehead atoms. The molecule has 2 aromatic rings. The molecule has 22 heavy (non-hydrogen) atoms. The van der Waals surface area contributed by atoms with E-state index in [1.165, 1.54) is 18.6 Å². The summed E-state index contributed by atoms with van der Waals surface area (Å²) in [6, 6.07) is 4.56. The van der Waals surface area contributed by atoms with Crippen molar-refractivity contribution in [1.82, 2.24) is 15.5 Å². The molecule has 1 aromatic heterocycles. The van der Waals surface area contributed by atoms with E-state index >= 15 is 0 Å². The summed E-state index contributed by atoms with van der Waals surface area (Å²) in [5.41, 5.74) is -0.282. The number of amides is 2. The maximum Gasteiger partial charge on any atom is 0.319 e. The van der Waals surface area contributed by atoms with Crippen LogP contribution in [0.5, 0.6) is 0 Å². The Hall–Kier alpha value is -2.57. The van der Waals surface area contributed by atoms with Gasteiger partial charge in [-0.15, -0.1) is 0 Å². The number of aromatic nitrogens is 2. The number of carbonyl (C=O) groups is 1. The number of fused-ring (bicyclic) bond motifs is 1. The van der Waals surface area contributed by atoms with Crippen molar-refractivity contribution in [3.8, 4) is 0 Å². The number of benzene rings is 1. The summed E-state index contributed by atoms with van der Waals surface area (Å²) in [7, 11) is 0. The molecule has 7 heteroatoms. The monoisotopic (exact) mass is 302 g/mol. The van der Waals surface area contributed by atoms with E-state index in [9.17, 15) is 14.4 Å². The zero-order chi connectivity index (χ0) is 15.5. The van der Waals surface area contributed by atoms with Gasteiger partial charge in [0.05, 0.1) is 10.8 Å². The van der Waals surface area contributed by atoms with E-state index in [2.05, 4.69) is 20.8 Å². The summed E-state index contributed by atoms with van der Waals surface area (Å²) in [5.74, 6) is 0. The molecule has 0 spiro atoms. The van der Waals surface area contributed by atoms with E-state index in [1.807, 2.05) is 0 Å². The highest BCUT2D eigenvalue weighted by Crippen LogP contribution is 2.18. The van der Waals surface area contributed by atoms with Crippen LogP contribution in [0.25, 0.3) is 10.8 Å². The lowest BCUT2D eigenvalue weighted by Gasteiger charge is -2.22. The van der Waals surface area contributed by atoms with Crippen LogP contribution in [0.3, 0.4) is 0 Å². The van der Waals surface area contributed by atoms with Gasteiger partial charge in [-0.2, -0.15) is 0 Å². The lowest BCUT2D eigenvalue weighted by atomic mass is 9.96. The summed E-state index contributed by atoms with van der Waals surface area (Å²) < 4.78 is 0. The van der Waals surface area contributed by atoms with Crippen LogP contribution in [0.1, 0.15) is 32.1 Å². The van der Waals surface area contributed by atoms with Gasteiger partial charge in [0, 0.05) is 11.7 Å². The smallest absolute Gasteiger partial charge is 0.319 e. The summed E-state index contributed by atoms with van der Waals surface area (Å²) >= 11 is 0. The average Bonchev–Trinajstić information content (AvgIpc) is 2.52. The minimum atomic E-state index is -0.397. The van der Waals surface area contributed by atoms with Gasteiger partial charge in [-0.05, 0) is 31.0 Å². The number of aromatic amines is 2. The van der Waals surface area contributed by atoms with E-state index in [1.54, 1.807) is 6.07 Å². The number of urea groups is 1. The van der Waals surface area contributed by atoms with Crippen molar-refractivity contribution in [2.75, 3.05) is 5.32 Å². The second-order valence-electron chi connectivity index (χ2n) is 5.60. The number of H-pyrrole nitrogens is 2. The highest BCUT2D eigenvalue weighted by atomic mass is 16.2. The maximum absolute atomic E-state index is 12.0. The number of nitrogens with one attached hydrogen (secondary N) is 4. The first-order valence-electron chi connectivity index (χ1n) is 7.46. The minimum Gasteiger partial charge on any atom is -0.335 e. The molecule has 116 valence electrons. The zero-order valence-corrected chi connectivity index (χ0v) is 12.1. The summed E-state index contributed by atoms with van der Waals surface area (Å²) in [4.78, 5) is 35.3. The fourth-order valence-corrected chi connectivity index (χ4v) is 2.86. The van der Waals surface area contributed by atoms with Crippen LogP contribution in [-0.4, -0.2) is 22.3 Å². The van der Waals surface area contributed by atoms with Crippen LogP contribution in [-0.2, 0) is 0 Å². The van der Waals surface area contributed by atoms with Gasteiger partial charge in [0.15, 0.2) is 0 Å². The fraction of sp³-hybridized carbons (Fsp3) is 0.400.